The van der Waals surface area contributed by atoms with Crippen LogP contribution in [0.15, 0.2) is 42.9 Å². The third kappa shape index (κ3) is 5.43. The molecule has 0 fully saturated rings. The highest BCUT2D eigenvalue weighted by atomic mass is 16.6. The van der Waals surface area contributed by atoms with E-state index in [-0.39, 0.29) is 6.04 Å². The van der Waals surface area contributed by atoms with Crippen LogP contribution in [0.1, 0.15) is 50.8 Å². The lowest BCUT2D eigenvalue weighted by atomic mass is 9.88. The number of alkyl carbamates (subject to hydrolysis) is 1. The number of carbonyl (C=O) groups is 1. The van der Waals surface area contributed by atoms with Gasteiger partial charge in [0.2, 0.25) is 0 Å². The molecule has 32 heavy (non-hydrogen) atoms. The van der Waals surface area contributed by atoms with Crippen molar-refractivity contribution >= 4 is 28.6 Å². The number of benzene rings is 1. The molecular weight excluding hydrogens is 404 g/mol. The zero-order chi connectivity index (χ0) is 22.6. The molecule has 1 amide bonds. The van der Waals surface area contributed by atoms with Crippen LogP contribution in [-0.2, 0) is 11.2 Å². The molecule has 3 N–H and O–H groups in total. The van der Waals surface area contributed by atoms with Crippen molar-refractivity contribution in [2.75, 3.05) is 23.7 Å². The molecular formula is C24H30N6O2. The van der Waals surface area contributed by atoms with Crippen molar-refractivity contribution in [2.24, 2.45) is 0 Å². The normalized spacial score (nSPS) is 15.7. The van der Waals surface area contributed by atoms with E-state index in [2.05, 4.69) is 55.2 Å². The largest absolute Gasteiger partial charge is 0.444 e. The number of pyridine rings is 1. The highest BCUT2D eigenvalue weighted by Gasteiger charge is 2.21. The Labute approximate surface area is 188 Å². The predicted octanol–water partition coefficient (Wildman–Crippen LogP) is 4.45. The summed E-state index contributed by atoms with van der Waals surface area (Å²) in [5.74, 6) is 0.745. The van der Waals surface area contributed by atoms with Crippen LogP contribution < -0.4 is 16.0 Å². The maximum atomic E-state index is 11.7. The molecule has 1 aliphatic carbocycles. The average Bonchev–Trinajstić information content (AvgIpc) is 2.76. The minimum atomic E-state index is -0.509. The third-order valence-electron chi connectivity index (χ3n) is 5.28. The number of amides is 1. The lowest BCUT2D eigenvalue weighted by Gasteiger charge is -2.27. The first kappa shape index (κ1) is 21.8. The van der Waals surface area contributed by atoms with E-state index in [4.69, 9.17) is 4.74 Å². The number of hydrogen-bond acceptors (Lipinski definition) is 7. The van der Waals surface area contributed by atoms with Crippen molar-refractivity contribution in [3.05, 3.63) is 54.0 Å². The van der Waals surface area contributed by atoms with Gasteiger partial charge < -0.3 is 20.7 Å². The van der Waals surface area contributed by atoms with E-state index in [9.17, 15) is 4.79 Å². The van der Waals surface area contributed by atoms with Crippen LogP contribution >= 0.6 is 0 Å². The van der Waals surface area contributed by atoms with E-state index in [0.717, 1.165) is 41.8 Å². The Morgan fingerprint density at radius 1 is 1.16 bits per heavy atom. The lowest BCUT2D eigenvalue weighted by Crippen LogP contribution is -2.35. The second kappa shape index (κ2) is 9.38. The fraction of sp³-hybridized carbons (Fsp3) is 0.417. The monoisotopic (exact) mass is 434 g/mol. The van der Waals surface area contributed by atoms with Crippen molar-refractivity contribution in [3.8, 4) is 0 Å². The van der Waals surface area contributed by atoms with Gasteiger partial charge >= 0.3 is 6.09 Å². The van der Waals surface area contributed by atoms with Gasteiger partial charge in [-0.3, -0.25) is 0 Å². The molecule has 2 heterocycles. The van der Waals surface area contributed by atoms with Crippen molar-refractivity contribution in [1.29, 1.82) is 0 Å². The fourth-order valence-corrected chi connectivity index (χ4v) is 3.90. The lowest BCUT2D eigenvalue weighted by molar-refractivity contribution is 0.0530. The van der Waals surface area contributed by atoms with Crippen LogP contribution in [0.2, 0.25) is 0 Å². The van der Waals surface area contributed by atoms with Crippen LogP contribution in [0.4, 0.5) is 16.3 Å². The van der Waals surface area contributed by atoms with E-state index in [1.54, 1.807) is 12.5 Å². The Morgan fingerprint density at radius 2 is 2.00 bits per heavy atom. The van der Waals surface area contributed by atoms with Gasteiger partial charge in [0.25, 0.3) is 0 Å². The maximum absolute atomic E-state index is 11.7. The number of ether oxygens (including phenoxy) is 1. The molecule has 8 nitrogen and oxygen atoms in total. The van der Waals surface area contributed by atoms with Gasteiger partial charge in [0.15, 0.2) is 5.82 Å². The maximum Gasteiger partial charge on any atom is 0.407 e. The van der Waals surface area contributed by atoms with Gasteiger partial charge in [0.05, 0.1) is 23.4 Å². The van der Waals surface area contributed by atoms with Crippen LogP contribution in [0, 0.1) is 0 Å². The molecule has 0 saturated heterocycles. The molecule has 0 aliphatic heterocycles. The highest BCUT2D eigenvalue weighted by Crippen LogP contribution is 2.33. The Morgan fingerprint density at radius 3 is 2.84 bits per heavy atom. The first-order valence-corrected chi connectivity index (χ1v) is 11.0. The minimum absolute atomic E-state index is 0.219. The molecule has 1 atom stereocenters. The summed E-state index contributed by atoms with van der Waals surface area (Å²) in [5.41, 5.74) is 4.56. The van der Waals surface area contributed by atoms with Crippen molar-refractivity contribution in [1.82, 2.24) is 20.3 Å². The van der Waals surface area contributed by atoms with Crippen LogP contribution in [0.25, 0.3) is 11.0 Å². The zero-order valence-electron chi connectivity index (χ0n) is 18.8. The van der Waals surface area contributed by atoms with Gasteiger partial charge in [-0.2, -0.15) is 0 Å². The summed E-state index contributed by atoms with van der Waals surface area (Å²) in [6, 6.07) is 10.7. The quantitative estimate of drug-likeness (QED) is 0.493. The van der Waals surface area contributed by atoms with Gasteiger partial charge in [-0.25, -0.2) is 19.7 Å². The first-order valence-electron chi connectivity index (χ1n) is 11.0. The standard InChI is InChI=1S/C24H30N6O2/c1-24(2,3)32-23(31)26-12-11-25-17-13-20-21(27-14-17)22(29-15-28-20)30-19-10-6-8-16-7-4-5-9-18(16)19/h4-5,7,9,13-15,19,25H,6,8,10-12H2,1-3H3,(H,26,31)(H,28,29,30)/t19-/m0/s1. The molecule has 0 spiro atoms. The van der Waals surface area contributed by atoms with Gasteiger partial charge in [0, 0.05) is 13.1 Å². The number of nitrogens with zero attached hydrogens (tertiary/aromatic N) is 3. The highest BCUT2D eigenvalue weighted by molar-refractivity contribution is 5.86. The Kier molecular flexibility index (Phi) is 6.39. The van der Waals surface area contributed by atoms with Crippen molar-refractivity contribution in [3.63, 3.8) is 0 Å². The van der Waals surface area contributed by atoms with E-state index in [0.29, 0.717) is 13.1 Å². The number of hydrogen-bond donors (Lipinski definition) is 3. The molecule has 0 radical (unpaired) electrons. The summed E-state index contributed by atoms with van der Waals surface area (Å²) in [5, 5.41) is 9.57. The van der Waals surface area contributed by atoms with Crippen molar-refractivity contribution < 1.29 is 9.53 Å². The van der Waals surface area contributed by atoms with E-state index >= 15 is 0 Å². The molecule has 1 aromatic carbocycles. The number of aromatic nitrogens is 3. The van der Waals surface area contributed by atoms with Gasteiger partial charge in [0.1, 0.15) is 17.4 Å². The van der Waals surface area contributed by atoms with E-state index in [1.165, 1.54) is 11.1 Å². The third-order valence-corrected chi connectivity index (χ3v) is 5.28. The Hall–Kier alpha value is -3.42. The zero-order valence-corrected chi connectivity index (χ0v) is 18.8. The van der Waals surface area contributed by atoms with E-state index in [1.807, 2.05) is 26.8 Å². The molecule has 168 valence electrons. The molecule has 2 aromatic heterocycles. The van der Waals surface area contributed by atoms with Crippen LogP contribution in [-0.4, -0.2) is 39.7 Å². The summed E-state index contributed by atoms with van der Waals surface area (Å²) in [4.78, 5) is 25.2. The summed E-state index contributed by atoms with van der Waals surface area (Å²) >= 11 is 0. The molecule has 0 saturated carbocycles. The molecule has 0 unspecified atom stereocenters. The first-order chi connectivity index (χ1) is 15.4. The number of nitrogens with one attached hydrogen (secondary N) is 3. The fourth-order valence-electron chi connectivity index (χ4n) is 3.90. The van der Waals surface area contributed by atoms with E-state index < -0.39 is 11.7 Å². The topological polar surface area (TPSA) is 101 Å². The Balaban J connectivity index is 1.39. The predicted molar refractivity (Wildman–Crippen MR) is 126 cm³/mol. The van der Waals surface area contributed by atoms with Crippen molar-refractivity contribution in [2.45, 2.75) is 51.7 Å². The van der Waals surface area contributed by atoms with Gasteiger partial charge in [-0.1, -0.05) is 24.3 Å². The smallest absolute Gasteiger partial charge is 0.407 e. The molecule has 8 heteroatoms. The van der Waals surface area contributed by atoms with Crippen LogP contribution in [0.3, 0.4) is 0 Å². The summed E-state index contributed by atoms with van der Waals surface area (Å²) in [6.07, 6.45) is 6.23. The molecule has 0 bridgehead atoms. The van der Waals surface area contributed by atoms with Crippen LogP contribution in [0.5, 0.6) is 0 Å². The molecule has 3 aromatic rings. The number of anilines is 2. The molecule has 1 aliphatic rings. The van der Waals surface area contributed by atoms with Gasteiger partial charge in [-0.05, 0) is 57.2 Å². The average molecular weight is 435 g/mol. The number of fused-ring (bicyclic) bond motifs is 2. The Bertz CT molecular complexity index is 1100. The second-order valence-corrected chi connectivity index (χ2v) is 8.96. The second-order valence-electron chi connectivity index (χ2n) is 8.96. The SMILES string of the molecule is CC(C)(C)OC(=O)NCCNc1cnc2c(N[C@H]3CCCc4ccccc43)ncnc2c1. The summed E-state index contributed by atoms with van der Waals surface area (Å²) in [7, 11) is 0. The molecule has 4 rings (SSSR count). The summed E-state index contributed by atoms with van der Waals surface area (Å²) < 4.78 is 5.23. The van der Waals surface area contributed by atoms with Gasteiger partial charge in [-0.15, -0.1) is 0 Å². The minimum Gasteiger partial charge on any atom is -0.444 e. The number of rotatable bonds is 6. The number of aryl methyl sites for hydroxylation is 1. The summed E-state index contributed by atoms with van der Waals surface area (Å²) in [6.45, 7) is 6.49. The number of carbonyl (C=O) groups excluding carboxylic acids is 1.